The SMILES string of the molecule is CCNC(=NCC(C)c1cccc(C)c1)NCCCN1CCCC1C(=O)N(C)C.I. The number of benzene rings is 1. The average molecular weight is 530 g/mol. The van der Waals surface area contributed by atoms with Crippen LogP contribution in [0.2, 0.25) is 0 Å². The average Bonchev–Trinajstić information content (AvgIpc) is 3.16. The first kappa shape index (κ1) is 26.7. The number of aliphatic imine (C=N–C) groups is 1. The maximum atomic E-state index is 12.3. The smallest absolute Gasteiger partial charge is 0.239 e. The zero-order chi connectivity index (χ0) is 21.2. The Morgan fingerprint density at radius 1 is 1.33 bits per heavy atom. The van der Waals surface area contributed by atoms with Gasteiger partial charge in [-0.3, -0.25) is 14.7 Å². The number of halogens is 1. The molecule has 2 unspecified atom stereocenters. The second-order valence-electron chi connectivity index (χ2n) is 8.24. The van der Waals surface area contributed by atoms with Crippen LogP contribution in [0.25, 0.3) is 0 Å². The first-order chi connectivity index (χ1) is 13.9. The number of hydrogen-bond donors (Lipinski definition) is 2. The lowest BCUT2D eigenvalue weighted by molar-refractivity contribution is -0.133. The second kappa shape index (κ2) is 13.9. The van der Waals surface area contributed by atoms with Crippen LogP contribution in [0.5, 0.6) is 0 Å². The van der Waals surface area contributed by atoms with E-state index in [1.54, 1.807) is 4.90 Å². The van der Waals surface area contributed by atoms with Crippen LogP contribution >= 0.6 is 24.0 Å². The zero-order valence-electron chi connectivity index (χ0n) is 19.3. The largest absolute Gasteiger partial charge is 0.357 e. The van der Waals surface area contributed by atoms with Crippen molar-refractivity contribution >= 4 is 35.8 Å². The molecule has 1 heterocycles. The van der Waals surface area contributed by atoms with Crippen LogP contribution in [0.1, 0.15) is 50.2 Å². The molecule has 2 N–H and O–H groups in total. The fourth-order valence-electron chi connectivity index (χ4n) is 3.81. The summed E-state index contributed by atoms with van der Waals surface area (Å²) >= 11 is 0. The van der Waals surface area contributed by atoms with E-state index < -0.39 is 0 Å². The summed E-state index contributed by atoms with van der Waals surface area (Å²) in [5, 5.41) is 6.78. The summed E-state index contributed by atoms with van der Waals surface area (Å²) in [6.45, 7) is 10.8. The van der Waals surface area contributed by atoms with Gasteiger partial charge in [-0.05, 0) is 45.2 Å². The van der Waals surface area contributed by atoms with E-state index in [1.165, 1.54) is 11.1 Å². The number of nitrogens with zero attached hydrogens (tertiary/aromatic N) is 3. The highest BCUT2D eigenvalue weighted by Crippen LogP contribution is 2.19. The Hall–Kier alpha value is -1.35. The normalized spacial score (nSPS) is 17.9. The first-order valence-corrected chi connectivity index (χ1v) is 11.0. The highest BCUT2D eigenvalue weighted by Gasteiger charge is 2.30. The van der Waals surface area contributed by atoms with Gasteiger partial charge in [-0.1, -0.05) is 36.8 Å². The third-order valence-corrected chi connectivity index (χ3v) is 5.48. The van der Waals surface area contributed by atoms with E-state index in [0.29, 0.717) is 5.92 Å². The third kappa shape index (κ3) is 8.41. The summed E-state index contributed by atoms with van der Waals surface area (Å²) < 4.78 is 0. The standard InChI is InChI=1S/C23H39N5O.HI/c1-6-24-23(26-17-19(3)20-11-7-10-18(2)16-20)25-13-9-15-28-14-8-12-21(28)22(29)27(4)5;/h7,10-11,16,19,21H,6,8-9,12-15,17H2,1-5H3,(H2,24,25,26);1H. The molecule has 6 nitrogen and oxygen atoms in total. The minimum atomic E-state index is 0. The predicted octanol–water partition coefficient (Wildman–Crippen LogP) is 3.21. The van der Waals surface area contributed by atoms with Crippen molar-refractivity contribution in [3.8, 4) is 0 Å². The zero-order valence-corrected chi connectivity index (χ0v) is 21.6. The van der Waals surface area contributed by atoms with Gasteiger partial charge in [0.1, 0.15) is 0 Å². The predicted molar refractivity (Wildman–Crippen MR) is 137 cm³/mol. The monoisotopic (exact) mass is 529 g/mol. The quantitative estimate of drug-likeness (QED) is 0.223. The summed E-state index contributed by atoms with van der Waals surface area (Å²) in [4.78, 5) is 21.1. The van der Waals surface area contributed by atoms with E-state index in [0.717, 1.165) is 57.9 Å². The molecule has 2 rings (SSSR count). The fourth-order valence-corrected chi connectivity index (χ4v) is 3.81. The molecule has 7 heteroatoms. The number of rotatable bonds is 9. The number of amides is 1. The Morgan fingerprint density at radius 2 is 2.10 bits per heavy atom. The fraction of sp³-hybridized carbons (Fsp3) is 0.652. The number of carbonyl (C=O) groups excluding carboxylic acids is 1. The second-order valence-corrected chi connectivity index (χ2v) is 8.24. The van der Waals surface area contributed by atoms with Crippen LogP contribution in [-0.2, 0) is 4.79 Å². The Morgan fingerprint density at radius 3 is 2.77 bits per heavy atom. The molecule has 0 bridgehead atoms. The lowest BCUT2D eigenvalue weighted by Crippen LogP contribution is -2.44. The van der Waals surface area contributed by atoms with Gasteiger partial charge in [0.15, 0.2) is 5.96 Å². The van der Waals surface area contributed by atoms with Gasteiger partial charge >= 0.3 is 0 Å². The van der Waals surface area contributed by atoms with Crippen molar-refractivity contribution in [2.24, 2.45) is 4.99 Å². The van der Waals surface area contributed by atoms with Crippen LogP contribution < -0.4 is 10.6 Å². The number of likely N-dealkylation sites (tertiary alicyclic amines) is 1. The maximum absolute atomic E-state index is 12.3. The van der Waals surface area contributed by atoms with Gasteiger partial charge in [0.05, 0.1) is 6.04 Å². The number of hydrogen-bond acceptors (Lipinski definition) is 3. The van der Waals surface area contributed by atoms with Gasteiger partial charge < -0.3 is 15.5 Å². The van der Waals surface area contributed by atoms with Crippen molar-refractivity contribution in [3.05, 3.63) is 35.4 Å². The summed E-state index contributed by atoms with van der Waals surface area (Å²) in [6, 6.07) is 8.71. The summed E-state index contributed by atoms with van der Waals surface area (Å²) in [5.41, 5.74) is 2.62. The van der Waals surface area contributed by atoms with Gasteiger partial charge in [-0.15, -0.1) is 24.0 Å². The molecule has 30 heavy (non-hydrogen) atoms. The van der Waals surface area contributed by atoms with Crippen LogP contribution in [0.15, 0.2) is 29.3 Å². The van der Waals surface area contributed by atoms with E-state index in [2.05, 4.69) is 60.6 Å². The molecule has 170 valence electrons. The van der Waals surface area contributed by atoms with E-state index >= 15 is 0 Å². The van der Waals surface area contributed by atoms with Gasteiger partial charge in [0, 0.05) is 46.2 Å². The van der Waals surface area contributed by atoms with Crippen LogP contribution in [0.3, 0.4) is 0 Å². The van der Waals surface area contributed by atoms with E-state index in [4.69, 9.17) is 4.99 Å². The highest BCUT2D eigenvalue weighted by molar-refractivity contribution is 14.0. The molecule has 1 fully saturated rings. The van der Waals surface area contributed by atoms with Crippen molar-refractivity contribution in [2.75, 3.05) is 46.8 Å². The van der Waals surface area contributed by atoms with Crippen molar-refractivity contribution in [3.63, 3.8) is 0 Å². The van der Waals surface area contributed by atoms with Crippen LogP contribution in [0, 0.1) is 6.92 Å². The van der Waals surface area contributed by atoms with Crippen molar-refractivity contribution < 1.29 is 4.79 Å². The minimum absolute atomic E-state index is 0. The van der Waals surface area contributed by atoms with E-state index in [1.807, 2.05) is 14.1 Å². The molecular formula is C23H40IN5O. The molecule has 1 aromatic carbocycles. The summed E-state index contributed by atoms with van der Waals surface area (Å²) in [7, 11) is 3.69. The maximum Gasteiger partial charge on any atom is 0.239 e. The Balaban J connectivity index is 0.00000450. The Kier molecular flexibility index (Phi) is 12.3. The molecule has 1 amide bonds. The topological polar surface area (TPSA) is 60.0 Å². The lowest BCUT2D eigenvalue weighted by Gasteiger charge is -2.26. The molecule has 2 atom stereocenters. The van der Waals surface area contributed by atoms with Gasteiger partial charge in [-0.2, -0.15) is 0 Å². The molecule has 0 spiro atoms. The number of guanidine groups is 1. The van der Waals surface area contributed by atoms with Crippen molar-refractivity contribution in [1.82, 2.24) is 20.4 Å². The minimum Gasteiger partial charge on any atom is -0.357 e. The molecule has 1 saturated heterocycles. The van der Waals surface area contributed by atoms with Gasteiger partial charge in [0.25, 0.3) is 0 Å². The molecule has 1 aliphatic rings. The Labute approximate surface area is 199 Å². The molecule has 1 aromatic rings. The third-order valence-electron chi connectivity index (χ3n) is 5.48. The Bertz CT molecular complexity index is 679. The highest BCUT2D eigenvalue weighted by atomic mass is 127. The lowest BCUT2D eigenvalue weighted by atomic mass is 10.00. The van der Waals surface area contributed by atoms with Crippen LogP contribution in [0.4, 0.5) is 0 Å². The molecule has 0 saturated carbocycles. The van der Waals surface area contributed by atoms with E-state index in [-0.39, 0.29) is 35.9 Å². The van der Waals surface area contributed by atoms with Crippen molar-refractivity contribution in [1.29, 1.82) is 0 Å². The molecule has 0 aliphatic carbocycles. The molecular weight excluding hydrogens is 489 g/mol. The first-order valence-electron chi connectivity index (χ1n) is 11.0. The molecule has 0 aromatic heterocycles. The number of likely N-dealkylation sites (N-methyl/N-ethyl adjacent to an activating group) is 1. The summed E-state index contributed by atoms with van der Waals surface area (Å²) in [6.07, 6.45) is 3.08. The number of nitrogens with one attached hydrogen (secondary N) is 2. The summed E-state index contributed by atoms with van der Waals surface area (Å²) in [5.74, 6) is 1.48. The van der Waals surface area contributed by atoms with Crippen LogP contribution in [-0.4, -0.2) is 74.5 Å². The van der Waals surface area contributed by atoms with Gasteiger partial charge in [-0.25, -0.2) is 0 Å². The van der Waals surface area contributed by atoms with Gasteiger partial charge in [0.2, 0.25) is 5.91 Å². The van der Waals surface area contributed by atoms with Crippen molar-refractivity contribution in [2.45, 2.75) is 52.0 Å². The number of aryl methyl sites for hydroxylation is 1. The molecule has 1 aliphatic heterocycles. The van der Waals surface area contributed by atoms with E-state index in [9.17, 15) is 4.79 Å². The number of carbonyl (C=O) groups is 1. The molecule has 0 radical (unpaired) electrons.